The van der Waals surface area contributed by atoms with Gasteiger partial charge in [-0.25, -0.2) is 4.39 Å². The highest BCUT2D eigenvalue weighted by Gasteiger charge is 2.23. The van der Waals surface area contributed by atoms with Gasteiger partial charge in [-0.3, -0.25) is 4.90 Å². The third-order valence-electron chi connectivity index (χ3n) is 3.99. The third kappa shape index (κ3) is 5.41. The van der Waals surface area contributed by atoms with Crippen LogP contribution in [0.15, 0.2) is 18.2 Å². The van der Waals surface area contributed by atoms with E-state index in [0.717, 1.165) is 44.6 Å². The van der Waals surface area contributed by atoms with Gasteiger partial charge >= 0.3 is 0 Å². The number of nitrogens with one attached hydrogen (secondary N) is 1. The molecule has 0 radical (unpaired) electrons. The smallest absolute Gasteiger partial charge is 0.123 e. The van der Waals surface area contributed by atoms with Crippen molar-refractivity contribution in [3.8, 4) is 0 Å². The van der Waals surface area contributed by atoms with Gasteiger partial charge in [0.15, 0.2) is 0 Å². The summed E-state index contributed by atoms with van der Waals surface area (Å²) in [5, 5.41) is 4.05. The fourth-order valence-electron chi connectivity index (χ4n) is 2.89. The van der Waals surface area contributed by atoms with Crippen LogP contribution in [0.3, 0.4) is 0 Å². The minimum absolute atomic E-state index is 0. The molecule has 120 valence electrons. The number of unbranched alkanes of at least 4 members (excludes halogenated alkanes) is 2. The molecule has 0 saturated carbocycles. The average molecular weight is 335 g/mol. The van der Waals surface area contributed by atoms with Gasteiger partial charge in [-0.05, 0) is 30.2 Å². The average Bonchev–Trinajstić information content (AvgIpc) is 2.48. The lowest BCUT2D eigenvalue weighted by atomic mass is 9.98. The van der Waals surface area contributed by atoms with Gasteiger partial charge in [0.2, 0.25) is 0 Å². The Hall–Kier alpha value is -0.350. The van der Waals surface area contributed by atoms with Gasteiger partial charge in [0, 0.05) is 37.2 Å². The van der Waals surface area contributed by atoms with E-state index >= 15 is 0 Å². The Bertz CT molecular complexity index is 423. The van der Waals surface area contributed by atoms with E-state index < -0.39 is 0 Å². The van der Waals surface area contributed by atoms with Crippen LogP contribution in [0.5, 0.6) is 0 Å². The molecule has 1 aliphatic heterocycles. The molecular weight excluding hydrogens is 310 g/mol. The lowest BCUT2D eigenvalue weighted by molar-refractivity contribution is 0.162. The van der Waals surface area contributed by atoms with Crippen molar-refractivity contribution >= 4 is 24.0 Å². The number of rotatable bonds is 6. The van der Waals surface area contributed by atoms with Crippen LogP contribution in [0.2, 0.25) is 5.02 Å². The van der Waals surface area contributed by atoms with Crippen LogP contribution in [-0.2, 0) is 0 Å². The largest absolute Gasteiger partial charge is 0.314 e. The highest BCUT2D eigenvalue weighted by Crippen LogP contribution is 2.32. The van der Waals surface area contributed by atoms with Crippen LogP contribution in [0, 0.1) is 5.82 Å². The first-order valence-corrected chi connectivity index (χ1v) is 8.00. The Morgan fingerprint density at radius 3 is 2.67 bits per heavy atom. The molecule has 21 heavy (non-hydrogen) atoms. The molecular formula is C16H25Cl2FN2. The first-order chi connectivity index (χ1) is 9.72. The van der Waals surface area contributed by atoms with E-state index in [4.69, 9.17) is 11.6 Å². The van der Waals surface area contributed by atoms with E-state index in [1.807, 2.05) is 0 Å². The van der Waals surface area contributed by atoms with Crippen LogP contribution in [0.4, 0.5) is 4.39 Å². The van der Waals surface area contributed by atoms with Crippen molar-refractivity contribution < 1.29 is 4.39 Å². The van der Waals surface area contributed by atoms with E-state index in [-0.39, 0.29) is 24.3 Å². The Morgan fingerprint density at radius 1 is 1.29 bits per heavy atom. The number of piperazine rings is 1. The summed E-state index contributed by atoms with van der Waals surface area (Å²) in [6, 6.07) is 4.97. The Labute approximate surface area is 138 Å². The summed E-state index contributed by atoms with van der Waals surface area (Å²) in [4.78, 5) is 2.44. The van der Waals surface area contributed by atoms with Crippen molar-refractivity contribution in [3.05, 3.63) is 34.6 Å². The second-order valence-electron chi connectivity index (χ2n) is 5.46. The minimum atomic E-state index is -0.194. The van der Waals surface area contributed by atoms with Gasteiger partial charge in [0.1, 0.15) is 5.82 Å². The second kappa shape index (κ2) is 9.62. The number of nitrogens with zero attached hydrogens (tertiary/aromatic N) is 1. The monoisotopic (exact) mass is 334 g/mol. The molecule has 1 aromatic rings. The number of hydrogen-bond acceptors (Lipinski definition) is 2. The Kier molecular flexibility index (Phi) is 8.57. The second-order valence-corrected chi connectivity index (χ2v) is 5.87. The van der Waals surface area contributed by atoms with Crippen LogP contribution in [0.1, 0.15) is 44.2 Å². The minimum Gasteiger partial charge on any atom is -0.314 e. The van der Waals surface area contributed by atoms with Gasteiger partial charge in [-0.2, -0.15) is 0 Å². The van der Waals surface area contributed by atoms with E-state index in [0.29, 0.717) is 5.02 Å². The maximum absolute atomic E-state index is 13.6. The topological polar surface area (TPSA) is 15.3 Å². The molecule has 1 fully saturated rings. The first-order valence-electron chi connectivity index (χ1n) is 7.62. The van der Waals surface area contributed by atoms with E-state index in [1.54, 1.807) is 12.1 Å². The normalized spacial score (nSPS) is 17.3. The van der Waals surface area contributed by atoms with Gasteiger partial charge in [0.25, 0.3) is 0 Å². The molecule has 1 atom stereocenters. The molecule has 1 saturated heterocycles. The Morgan fingerprint density at radius 2 is 2.00 bits per heavy atom. The van der Waals surface area contributed by atoms with Crippen LogP contribution in [-0.4, -0.2) is 31.1 Å². The molecule has 1 aliphatic rings. The zero-order valence-corrected chi connectivity index (χ0v) is 14.2. The Balaban J connectivity index is 0.00000220. The maximum Gasteiger partial charge on any atom is 0.123 e. The van der Waals surface area contributed by atoms with Crippen LogP contribution in [0.25, 0.3) is 0 Å². The van der Waals surface area contributed by atoms with Crippen LogP contribution >= 0.6 is 24.0 Å². The lowest BCUT2D eigenvalue weighted by Gasteiger charge is -2.35. The summed E-state index contributed by atoms with van der Waals surface area (Å²) < 4.78 is 13.6. The van der Waals surface area contributed by atoms with E-state index in [1.165, 1.54) is 18.9 Å². The summed E-state index contributed by atoms with van der Waals surface area (Å²) in [6.07, 6.45) is 4.63. The predicted octanol–water partition coefficient (Wildman–Crippen LogP) is 4.43. The van der Waals surface area contributed by atoms with Crippen molar-refractivity contribution in [1.29, 1.82) is 0 Å². The molecule has 0 bridgehead atoms. The zero-order valence-electron chi connectivity index (χ0n) is 12.6. The summed E-state index contributed by atoms with van der Waals surface area (Å²) in [5.74, 6) is -0.194. The zero-order chi connectivity index (χ0) is 14.4. The highest BCUT2D eigenvalue weighted by molar-refractivity contribution is 6.31. The summed E-state index contributed by atoms with van der Waals surface area (Å²) in [5.41, 5.74) is 0.949. The molecule has 1 aromatic carbocycles. The molecule has 2 rings (SSSR count). The summed E-state index contributed by atoms with van der Waals surface area (Å²) >= 11 is 6.31. The summed E-state index contributed by atoms with van der Waals surface area (Å²) in [7, 11) is 0. The van der Waals surface area contributed by atoms with E-state index in [2.05, 4.69) is 17.1 Å². The SMILES string of the molecule is CCCCC[C@H](c1cc(F)ccc1Cl)N1CCNCC1.Cl. The number of hydrogen-bond donors (Lipinski definition) is 1. The predicted molar refractivity (Wildman–Crippen MR) is 90.0 cm³/mol. The molecule has 5 heteroatoms. The number of halogens is 3. The van der Waals surface area contributed by atoms with Crippen LogP contribution < -0.4 is 5.32 Å². The van der Waals surface area contributed by atoms with Gasteiger partial charge in [-0.15, -0.1) is 12.4 Å². The molecule has 1 heterocycles. The molecule has 0 spiro atoms. The van der Waals surface area contributed by atoms with Crippen molar-refractivity contribution in [3.63, 3.8) is 0 Å². The molecule has 0 amide bonds. The van der Waals surface area contributed by atoms with E-state index in [9.17, 15) is 4.39 Å². The molecule has 0 unspecified atom stereocenters. The lowest BCUT2D eigenvalue weighted by Crippen LogP contribution is -2.45. The number of benzene rings is 1. The molecule has 2 nitrogen and oxygen atoms in total. The molecule has 0 aromatic heterocycles. The van der Waals surface area contributed by atoms with Gasteiger partial charge < -0.3 is 5.32 Å². The van der Waals surface area contributed by atoms with Gasteiger partial charge in [-0.1, -0.05) is 37.8 Å². The van der Waals surface area contributed by atoms with Crippen molar-refractivity contribution in [2.45, 2.75) is 38.6 Å². The van der Waals surface area contributed by atoms with Crippen molar-refractivity contribution in [1.82, 2.24) is 10.2 Å². The molecule has 0 aliphatic carbocycles. The van der Waals surface area contributed by atoms with Crippen molar-refractivity contribution in [2.24, 2.45) is 0 Å². The highest BCUT2D eigenvalue weighted by atomic mass is 35.5. The fraction of sp³-hybridized carbons (Fsp3) is 0.625. The first kappa shape index (κ1) is 18.7. The third-order valence-corrected chi connectivity index (χ3v) is 4.33. The molecule has 1 N–H and O–H groups in total. The van der Waals surface area contributed by atoms with Crippen molar-refractivity contribution in [2.75, 3.05) is 26.2 Å². The quantitative estimate of drug-likeness (QED) is 0.774. The standard InChI is InChI=1S/C16H24ClFN2.ClH/c1-2-3-4-5-16(20-10-8-19-9-11-20)14-12-13(18)6-7-15(14)17;/h6-7,12,16,19H,2-5,8-11H2,1H3;1H/t16-;/m1./s1. The fourth-order valence-corrected chi connectivity index (χ4v) is 3.13. The maximum atomic E-state index is 13.6. The summed E-state index contributed by atoms with van der Waals surface area (Å²) in [6.45, 7) is 6.21. The van der Waals surface area contributed by atoms with Gasteiger partial charge in [0.05, 0.1) is 0 Å².